The third-order valence-electron chi connectivity index (χ3n) is 6.86. The zero-order chi connectivity index (χ0) is 17.8. The summed E-state index contributed by atoms with van der Waals surface area (Å²) in [6.07, 6.45) is 13.3. The fourth-order valence-electron chi connectivity index (χ4n) is 5.36. The van der Waals surface area contributed by atoms with E-state index in [1.54, 1.807) is 0 Å². The highest BCUT2D eigenvalue weighted by Gasteiger charge is 2.26. The Labute approximate surface area is 170 Å². The minimum atomic E-state index is 0. The Morgan fingerprint density at radius 3 is 2.04 bits per heavy atom. The average molecular weight is 388 g/mol. The van der Waals surface area contributed by atoms with Gasteiger partial charge >= 0.3 is 0 Å². The SMILES string of the molecule is Cl.N#Cc1c(C2CCCCC2)cc(C2CCCCC2)cc1N1CCNCC1. The van der Waals surface area contributed by atoms with Crippen LogP contribution in [0.2, 0.25) is 0 Å². The molecule has 1 heterocycles. The first kappa shape index (κ1) is 20.5. The molecule has 0 amide bonds. The first-order valence-electron chi connectivity index (χ1n) is 10.9. The number of nitriles is 1. The minimum absolute atomic E-state index is 0. The van der Waals surface area contributed by atoms with Gasteiger partial charge in [0.15, 0.2) is 0 Å². The summed E-state index contributed by atoms with van der Waals surface area (Å²) >= 11 is 0. The van der Waals surface area contributed by atoms with Crippen LogP contribution in [0.1, 0.15) is 92.7 Å². The van der Waals surface area contributed by atoms with Crippen molar-refractivity contribution in [2.45, 2.75) is 76.0 Å². The lowest BCUT2D eigenvalue weighted by Gasteiger charge is -2.34. The molecule has 0 atom stereocenters. The van der Waals surface area contributed by atoms with Crippen LogP contribution in [0.5, 0.6) is 0 Å². The number of hydrogen-bond acceptors (Lipinski definition) is 3. The first-order valence-corrected chi connectivity index (χ1v) is 10.9. The van der Waals surface area contributed by atoms with Crippen molar-refractivity contribution in [3.8, 4) is 6.07 Å². The Hall–Kier alpha value is -1.24. The lowest BCUT2D eigenvalue weighted by Crippen LogP contribution is -2.44. The predicted molar refractivity (Wildman–Crippen MR) is 115 cm³/mol. The van der Waals surface area contributed by atoms with Crippen molar-refractivity contribution in [3.63, 3.8) is 0 Å². The molecule has 3 fully saturated rings. The van der Waals surface area contributed by atoms with E-state index in [0.717, 1.165) is 31.7 Å². The molecule has 1 aromatic carbocycles. The summed E-state index contributed by atoms with van der Waals surface area (Å²) < 4.78 is 0. The maximum Gasteiger partial charge on any atom is 0.102 e. The predicted octanol–water partition coefficient (Wildman–Crippen LogP) is 5.49. The molecule has 0 spiro atoms. The Balaban J connectivity index is 0.00000210. The van der Waals surface area contributed by atoms with Gasteiger partial charge < -0.3 is 10.2 Å². The summed E-state index contributed by atoms with van der Waals surface area (Å²) in [5.41, 5.74) is 5.12. The monoisotopic (exact) mass is 387 g/mol. The quantitative estimate of drug-likeness (QED) is 0.745. The van der Waals surface area contributed by atoms with Crippen molar-refractivity contribution >= 4 is 18.1 Å². The number of nitrogens with one attached hydrogen (secondary N) is 1. The molecule has 27 heavy (non-hydrogen) atoms. The third-order valence-corrected chi connectivity index (χ3v) is 6.86. The van der Waals surface area contributed by atoms with Gasteiger partial charge in [0.1, 0.15) is 6.07 Å². The van der Waals surface area contributed by atoms with E-state index in [4.69, 9.17) is 0 Å². The van der Waals surface area contributed by atoms with Crippen LogP contribution in [-0.4, -0.2) is 26.2 Å². The van der Waals surface area contributed by atoms with Crippen LogP contribution in [0.25, 0.3) is 0 Å². The van der Waals surface area contributed by atoms with E-state index in [1.807, 2.05) is 0 Å². The van der Waals surface area contributed by atoms with Crippen LogP contribution in [0.4, 0.5) is 5.69 Å². The first-order chi connectivity index (χ1) is 12.9. The second kappa shape index (κ2) is 9.80. The molecule has 1 N–H and O–H groups in total. The summed E-state index contributed by atoms with van der Waals surface area (Å²) in [6, 6.07) is 7.48. The van der Waals surface area contributed by atoms with Crippen molar-refractivity contribution in [1.82, 2.24) is 5.32 Å². The maximum absolute atomic E-state index is 10.1. The molecule has 0 bridgehead atoms. The van der Waals surface area contributed by atoms with Gasteiger partial charge in [-0.1, -0.05) is 44.6 Å². The van der Waals surface area contributed by atoms with E-state index in [1.165, 1.54) is 81.0 Å². The zero-order valence-electron chi connectivity index (χ0n) is 16.5. The Kier molecular flexibility index (Phi) is 7.44. The summed E-state index contributed by atoms with van der Waals surface area (Å²) in [5.74, 6) is 1.31. The molecule has 1 saturated heterocycles. The lowest BCUT2D eigenvalue weighted by atomic mass is 9.78. The molecule has 3 aliphatic rings. The lowest BCUT2D eigenvalue weighted by molar-refractivity contribution is 0.435. The molecular formula is C23H34ClN3. The van der Waals surface area contributed by atoms with Gasteiger partial charge in [0, 0.05) is 26.2 Å². The van der Waals surface area contributed by atoms with E-state index in [0.29, 0.717) is 11.8 Å². The maximum atomic E-state index is 10.1. The fraction of sp³-hybridized carbons (Fsp3) is 0.696. The van der Waals surface area contributed by atoms with E-state index in [9.17, 15) is 5.26 Å². The van der Waals surface area contributed by atoms with E-state index in [-0.39, 0.29) is 12.4 Å². The topological polar surface area (TPSA) is 39.1 Å². The molecule has 2 aliphatic carbocycles. The van der Waals surface area contributed by atoms with Crippen molar-refractivity contribution in [2.75, 3.05) is 31.1 Å². The van der Waals surface area contributed by atoms with Gasteiger partial charge in [-0.2, -0.15) is 5.26 Å². The van der Waals surface area contributed by atoms with E-state index in [2.05, 4.69) is 28.4 Å². The van der Waals surface area contributed by atoms with Crippen LogP contribution in [0.3, 0.4) is 0 Å². The number of piperazine rings is 1. The highest BCUT2D eigenvalue weighted by molar-refractivity contribution is 5.85. The second-order valence-corrected chi connectivity index (χ2v) is 8.52. The third kappa shape index (κ3) is 4.61. The molecular weight excluding hydrogens is 354 g/mol. The molecule has 0 aromatic heterocycles. The highest BCUT2D eigenvalue weighted by Crippen LogP contribution is 2.42. The molecule has 4 heteroatoms. The smallest absolute Gasteiger partial charge is 0.102 e. The van der Waals surface area contributed by atoms with Crippen LogP contribution in [0, 0.1) is 11.3 Å². The fourth-order valence-corrected chi connectivity index (χ4v) is 5.36. The van der Waals surface area contributed by atoms with Gasteiger partial charge in [0.05, 0.1) is 11.3 Å². The summed E-state index contributed by atoms with van der Waals surface area (Å²) in [7, 11) is 0. The van der Waals surface area contributed by atoms with Crippen LogP contribution < -0.4 is 10.2 Å². The number of anilines is 1. The molecule has 1 aromatic rings. The molecule has 1 aliphatic heterocycles. The van der Waals surface area contributed by atoms with Gasteiger partial charge in [-0.05, 0) is 54.7 Å². The van der Waals surface area contributed by atoms with Gasteiger partial charge in [0.25, 0.3) is 0 Å². The Bertz CT molecular complexity index is 609. The molecule has 0 unspecified atom stereocenters. The summed E-state index contributed by atoms with van der Waals surface area (Å²) in [5, 5.41) is 13.5. The van der Waals surface area contributed by atoms with Crippen LogP contribution in [-0.2, 0) is 0 Å². The molecule has 4 rings (SSSR count). The van der Waals surface area contributed by atoms with Crippen LogP contribution >= 0.6 is 12.4 Å². The van der Waals surface area contributed by atoms with Gasteiger partial charge in [-0.25, -0.2) is 0 Å². The number of halogens is 1. The van der Waals surface area contributed by atoms with Gasteiger partial charge in [0.2, 0.25) is 0 Å². The molecule has 0 radical (unpaired) electrons. The van der Waals surface area contributed by atoms with Gasteiger partial charge in [-0.3, -0.25) is 0 Å². The summed E-state index contributed by atoms with van der Waals surface area (Å²) in [6.45, 7) is 4.09. The van der Waals surface area contributed by atoms with Crippen molar-refractivity contribution in [3.05, 3.63) is 28.8 Å². The van der Waals surface area contributed by atoms with Crippen molar-refractivity contribution in [2.24, 2.45) is 0 Å². The Morgan fingerprint density at radius 2 is 1.44 bits per heavy atom. The highest BCUT2D eigenvalue weighted by atomic mass is 35.5. The molecule has 2 saturated carbocycles. The largest absolute Gasteiger partial charge is 0.368 e. The average Bonchev–Trinajstić information content (AvgIpc) is 2.74. The van der Waals surface area contributed by atoms with E-state index < -0.39 is 0 Å². The van der Waals surface area contributed by atoms with Crippen LogP contribution in [0.15, 0.2) is 12.1 Å². The molecule has 148 valence electrons. The Morgan fingerprint density at radius 1 is 0.852 bits per heavy atom. The normalized spacial score (nSPS) is 22.1. The van der Waals surface area contributed by atoms with Gasteiger partial charge in [-0.15, -0.1) is 12.4 Å². The number of benzene rings is 1. The number of nitrogens with zero attached hydrogens (tertiary/aromatic N) is 2. The zero-order valence-corrected chi connectivity index (χ0v) is 17.3. The second-order valence-electron chi connectivity index (χ2n) is 8.52. The van der Waals surface area contributed by atoms with E-state index >= 15 is 0 Å². The number of hydrogen-bond donors (Lipinski definition) is 1. The molecule has 3 nitrogen and oxygen atoms in total. The standard InChI is InChI=1S/C23H33N3.ClH/c24-17-22-21(19-9-5-2-6-10-19)15-20(18-7-3-1-4-8-18)16-23(22)26-13-11-25-12-14-26;/h15-16,18-19,25H,1-14H2;1H. The summed E-state index contributed by atoms with van der Waals surface area (Å²) in [4.78, 5) is 2.47. The minimum Gasteiger partial charge on any atom is -0.368 e. The van der Waals surface area contributed by atoms with Crippen molar-refractivity contribution < 1.29 is 0 Å². The van der Waals surface area contributed by atoms with Crippen molar-refractivity contribution in [1.29, 1.82) is 5.26 Å². The number of rotatable bonds is 3.